The smallest absolute Gasteiger partial charge is 0.238 e. The lowest BCUT2D eigenvalue weighted by molar-refractivity contribution is 0.663. The predicted molar refractivity (Wildman–Crippen MR) is 552 cm³/mol. The van der Waals surface area contributed by atoms with Gasteiger partial charge in [-0.1, -0.05) is 358 Å². The maximum atomic E-state index is 6.60. The van der Waals surface area contributed by atoms with Crippen LogP contribution in [0, 0.1) is 0 Å². The van der Waals surface area contributed by atoms with E-state index in [2.05, 4.69) is 165 Å². The molecule has 18 heteroatoms. The van der Waals surface area contributed by atoms with E-state index in [-0.39, 0.29) is 0 Å². The Balaban J connectivity index is 0.000000109. The van der Waals surface area contributed by atoms with E-state index in [1.54, 1.807) is 0 Å². The second kappa shape index (κ2) is 33.6. The molecule has 0 spiro atoms. The summed E-state index contributed by atoms with van der Waals surface area (Å²) in [5.41, 5.74) is 21.2. The third kappa shape index (κ3) is 14.1. The Kier molecular flexibility index (Phi) is 19.4. The molecule has 0 atom stereocenters. The van der Waals surface area contributed by atoms with Gasteiger partial charge in [0, 0.05) is 82.4 Å². The van der Waals surface area contributed by atoms with Crippen LogP contribution in [0.2, 0.25) is 0 Å². The maximum Gasteiger partial charge on any atom is 0.238 e. The molecule has 0 N–H and O–H groups in total. The van der Waals surface area contributed by atoms with Gasteiger partial charge in [-0.3, -0.25) is 13.7 Å². The number of nitrogens with zero attached hydrogens (tertiary/aromatic N) is 15. The number of fused-ring (bicyclic) bond motifs is 6. The second-order valence-corrected chi connectivity index (χ2v) is 33.7. The van der Waals surface area contributed by atoms with Crippen LogP contribution in [0.25, 0.3) is 263 Å². The van der Waals surface area contributed by atoms with E-state index in [9.17, 15) is 0 Å². The third-order valence-corrected chi connectivity index (χ3v) is 25.4. The zero-order valence-electron chi connectivity index (χ0n) is 73.6. The van der Waals surface area contributed by atoms with Gasteiger partial charge in [-0.05, 0) is 112 Å². The van der Waals surface area contributed by atoms with Gasteiger partial charge >= 0.3 is 0 Å². The molecule has 0 aliphatic heterocycles. The van der Waals surface area contributed by atoms with Crippen LogP contribution < -0.4 is 0 Å². The minimum absolute atomic E-state index is 0.500. The first-order chi connectivity index (χ1) is 68.4. The number of hydrogen-bond acceptors (Lipinski definition) is 15. The fourth-order valence-electron chi connectivity index (χ4n) is 19.2. The summed E-state index contributed by atoms with van der Waals surface area (Å²) >= 11 is 0. The largest absolute Gasteiger partial charge is 0.456 e. The van der Waals surface area contributed by atoms with Gasteiger partial charge in [0.2, 0.25) is 17.8 Å². The van der Waals surface area contributed by atoms with Gasteiger partial charge in [-0.2, -0.15) is 29.9 Å². The first kappa shape index (κ1) is 79.7. The summed E-state index contributed by atoms with van der Waals surface area (Å²) in [6.07, 6.45) is 0. The number of benzene rings is 18. The molecule has 0 amide bonds. The molecule has 28 aromatic rings. The average molecular weight is 1770 g/mol. The van der Waals surface area contributed by atoms with Crippen molar-refractivity contribution >= 4 is 131 Å². The van der Waals surface area contributed by atoms with E-state index in [1.165, 1.54) is 0 Å². The van der Waals surface area contributed by atoms with Crippen LogP contribution >= 0.6 is 0 Å². The molecular weight excluding hydrogens is 1700 g/mol. The monoisotopic (exact) mass is 1770 g/mol. The summed E-state index contributed by atoms with van der Waals surface area (Å²) in [6.45, 7) is 0. The Labute approximate surface area is 787 Å². The lowest BCUT2D eigenvalue weighted by Crippen LogP contribution is -2.06. The van der Waals surface area contributed by atoms with Gasteiger partial charge in [-0.15, -0.1) is 0 Å². The van der Waals surface area contributed by atoms with Gasteiger partial charge in [0.05, 0.1) is 49.3 Å². The molecule has 0 bridgehead atoms. The Bertz CT molecular complexity index is 9490. The van der Waals surface area contributed by atoms with Crippen LogP contribution in [0.3, 0.4) is 0 Å². The van der Waals surface area contributed by atoms with E-state index in [0.717, 1.165) is 192 Å². The summed E-state index contributed by atoms with van der Waals surface area (Å²) in [5, 5.41) is 13.0. The van der Waals surface area contributed by atoms with Crippen LogP contribution in [0.5, 0.6) is 0 Å². The predicted octanol–water partition coefficient (Wildman–Crippen LogP) is 29.5. The molecule has 0 aliphatic rings. The fraction of sp³-hybridized carbons (Fsp3) is 0. The summed E-state index contributed by atoms with van der Waals surface area (Å²) in [7, 11) is 0. The molecule has 10 aromatic heterocycles. The highest BCUT2D eigenvalue weighted by Gasteiger charge is 2.28. The van der Waals surface area contributed by atoms with Crippen molar-refractivity contribution in [2.24, 2.45) is 0 Å². The summed E-state index contributed by atoms with van der Waals surface area (Å²) in [4.78, 5) is 60.5. The summed E-state index contributed by atoms with van der Waals surface area (Å²) < 4.78 is 26.0. The van der Waals surface area contributed by atoms with Crippen molar-refractivity contribution in [3.63, 3.8) is 0 Å². The SMILES string of the molecule is c1ccc(-c2cccc(-c3nc(-c4ccccc4)nc(-n4c5cccc6oc7ccccc7c7cccc4c7c65)n3)c2)cc1.c1ccc(-c2nc(-c3ccccc3)nc(-c3cccc(-c4nc(-c5ccccc5)nc(-n5c6cccc7oc8ccccc8c8cccc5c8c76)n4)c3)n2)cc1.c1ccc(-c2nc(-c3ccccc3)nc(-n3c4cccc5oc6ccccc6c6cccc3c6c54)n2)cc1. The Morgan fingerprint density at radius 3 is 0.594 bits per heavy atom. The Morgan fingerprint density at radius 1 is 0.130 bits per heavy atom. The van der Waals surface area contributed by atoms with Gasteiger partial charge in [0.1, 0.15) is 33.5 Å². The van der Waals surface area contributed by atoms with Crippen LogP contribution in [0.15, 0.2) is 456 Å². The molecular formula is C120H73N15O3. The molecule has 28 rings (SSSR count). The number of aromatic nitrogens is 15. The average Bonchev–Trinajstić information content (AvgIpc) is 1.57. The van der Waals surface area contributed by atoms with Crippen molar-refractivity contribution in [2.75, 3.05) is 0 Å². The zero-order valence-corrected chi connectivity index (χ0v) is 73.6. The Hall–Kier alpha value is -19.2. The second-order valence-electron chi connectivity index (χ2n) is 33.7. The summed E-state index contributed by atoms with van der Waals surface area (Å²) in [6, 6.07) is 149. The van der Waals surface area contributed by atoms with Gasteiger partial charge in [0.25, 0.3) is 0 Å². The molecule has 0 unspecified atom stereocenters. The topological polar surface area (TPSA) is 209 Å². The van der Waals surface area contributed by atoms with Crippen LogP contribution in [0.4, 0.5) is 0 Å². The number of para-hydroxylation sites is 3. The molecule has 0 saturated heterocycles. The molecule has 10 heterocycles. The molecule has 0 saturated carbocycles. The van der Waals surface area contributed by atoms with E-state index >= 15 is 0 Å². The normalized spacial score (nSPS) is 11.6. The standard InChI is InChI=1S/C48H29N7O.C39H24N4O.C33H20N4O/c1-4-15-30(16-5-1)43-49-44(31-17-6-2-7-18-31)51-46(50-43)33-21-12-22-34(29-33)47-52-45(32-19-8-3-9-20-32)53-48(54-47)55-37-25-13-24-36-35-23-10-11-27-39(35)56-40-28-14-26-38(55)42(40)41(36)37;1-3-12-25(13-4-1)27-16-9-17-28(24-27)38-40-37(26-14-5-2-6-15-26)41-39(42-38)43-31-20-10-19-30-29-18-7-8-22-33(29)44-34-23-11-21-32(43)36(34)35(30)31;1-3-11-21(12-4-1)31-34-32(22-13-5-2-6-14-22)36-33(35-31)37-25-17-9-16-24-23-15-7-8-19-27(23)38-28-20-10-18-26(37)30(28)29(24)25/h1-29H;1-24H;1-20H. The van der Waals surface area contributed by atoms with Crippen LogP contribution in [0.1, 0.15) is 0 Å². The van der Waals surface area contributed by atoms with Crippen molar-refractivity contribution in [3.8, 4) is 131 Å². The van der Waals surface area contributed by atoms with E-state index in [1.807, 2.05) is 291 Å². The van der Waals surface area contributed by atoms with E-state index in [4.69, 9.17) is 73.1 Å². The molecule has 0 radical (unpaired) electrons. The van der Waals surface area contributed by atoms with Crippen LogP contribution in [-0.4, -0.2) is 73.5 Å². The minimum atomic E-state index is 0.500. The third-order valence-electron chi connectivity index (χ3n) is 25.4. The highest BCUT2D eigenvalue weighted by Crippen LogP contribution is 2.46. The van der Waals surface area contributed by atoms with Gasteiger partial charge in [-0.25, -0.2) is 29.9 Å². The van der Waals surface area contributed by atoms with E-state index < -0.39 is 0 Å². The molecule has 18 nitrogen and oxygen atoms in total. The molecule has 138 heavy (non-hydrogen) atoms. The van der Waals surface area contributed by atoms with E-state index in [0.29, 0.717) is 70.3 Å². The highest BCUT2D eigenvalue weighted by molar-refractivity contribution is 6.29. The van der Waals surface area contributed by atoms with Crippen molar-refractivity contribution in [2.45, 2.75) is 0 Å². The first-order valence-electron chi connectivity index (χ1n) is 45.6. The van der Waals surface area contributed by atoms with Crippen LogP contribution in [-0.2, 0) is 0 Å². The lowest BCUT2D eigenvalue weighted by Gasteiger charge is -2.12. The summed E-state index contributed by atoms with van der Waals surface area (Å²) in [5.74, 6) is 6.94. The molecule has 0 fully saturated rings. The molecule has 18 aromatic carbocycles. The van der Waals surface area contributed by atoms with Crippen molar-refractivity contribution in [1.29, 1.82) is 0 Å². The first-order valence-corrected chi connectivity index (χ1v) is 45.6. The fourth-order valence-corrected chi connectivity index (χ4v) is 19.2. The quantitative estimate of drug-likeness (QED) is 0.105. The van der Waals surface area contributed by atoms with Crippen molar-refractivity contribution in [1.82, 2.24) is 73.5 Å². The number of rotatable bonds is 13. The highest BCUT2D eigenvalue weighted by atomic mass is 16.3. The van der Waals surface area contributed by atoms with Gasteiger partial charge in [0.15, 0.2) is 52.4 Å². The molecule has 0 aliphatic carbocycles. The molecule has 646 valence electrons. The minimum Gasteiger partial charge on any atom is -0.456 e. The zero-order chi connectivity index (χ0) is 91.1. The van der Waals surface area contributed by atoms with Gasteiger partial charge < -0.3 is 13.3 Å². The van der Waals surface area contributed by atoms with Crippen molar-refractivity contribution in [3.05, 3.63) is 443 Å². The van der Waals surface area contributed by atoms with Crippen molar-refractivity contribution < 1.29 is 13.3 Å². The maximum absolute atomic E-state index is 6.60. The number of hydrogen-bond donors (Lipinski definition) is 0. The lowest BCUT2D eigenvalue weighted by atomic mass is 10.0. The Morgan fingerprint density at radius 2 is 0.312 bits per heavy atom.